The molecule has 0 aliphatic rings. The molecule has 0 radical (unpaired) electrons. The Kier molecular flexibility index (Phi) is 1.57. The van der Waals surface area contributed by atoms with Gasteiger partial charge in [0.2, 0.25) is 5.76 Å². The first-order chi connectivity index (χ1) is 6.33. The summed E-state index contributed by atoms with van der Waals surface area (Å²) in [6, 6.07) is 8.19. The van der Waals surface area contributed by atoms with E-state index in [0.29, 0.717) is 16.7 Å². The van der Waals surface area contributed by atoms with Crippen LogP contribution >= 0.6 is 0 Å². The van der Waals surface area contributed by atoms with Gasteiger partial charge in [-0.05, 0) is 23.4 Å². The highest BCUT2D eigenvalue weighted by Crippen LogP contribution is 2.23. The normalized spacial score (nSPS) is 9.77. The number of hydrogen-bond donors (Lipinski definition) is 0. The molecule has 4 heteroatoms. The monoisotopic (exact) mass is 172 g/mol. The van der Waals surface area contributed by atoms with Crippen LogP contribution in [0.25, 0.3) is 11.0 Å². The van der Waals surface area contributed by atoms with Crippen molar-refractivity contribution in [2.75, 3.05) is 0 Å². The fourth-order valence-electron chi connectivity index (χ4n) is 1.14. The van der Waals surface area contributed by atoms with Gasteiger partial charge in [0.15, 0.2) is 0 Å². The van der Waals surface area contributed by atoms with Crippen molar-refractivity contribution in [1.29, 1.82) is 5.26 Å². The fourth-order valence-corrected chi connectivity index (χ4v) is 1.14. The molecular weight excluding hydrogens is 168 g/mol. The van der Waals surface area contributed by atoms with Crippen molar-refractivity contribution in [3.05, 3.63) is 34.9 Å². The van der Waals surface area contributed by atoms with Crippen LogP contribution in [0.4, 0.5) is 5.69 Å². The van der Waals surface area contributed by atoms with Crippen LogP contribution in [0.2, 0.25) is 0 Å². The average Bonchev–Trinajstić information content (AvgIpc) is 2.58. The smallest absolute Gasteiger partial charge is 0.204 e. The summed E-state index contributed by atoms with van der Waals surface area (Å²) in [5.41, 5.74) is 0.918. The molecule has 0 aliphatic carbocycles. The average molecular weight is 172 g/mol. The molecule has 0 aliphatic heterocycles. The summed E-state index contributed by atoms with van der Waals surface area (Å²) in [6.45, 7) is 0. The Labute approximate surface area is 73.4 Å². The van der Waals surface area contributed by atoms with Crippen molar-refractivity contribution < 1.29 is 4.42 Å². The first kappa shape index (κ1) is 7.50. The fraction of sp³-hybridized carbons (Fsp3) is 0. The second-order valence-corrected chi connectivity index (χ2v) is 2.54. The summed E-state index contributed by atoms with van der Waals surface area (Å²) in [5, 5.41) is 12.0. The Balaban J connectivity index is 2.72. The van der Waals surface area contributed by atoms with Gasteiger partial charge in [0.25, 0.3) is 0 Å². The number of nitroso groups, excluding NO2 is 1. The maximum atomic E-state index is 10.2. The van der Waals surface area contributed by atoms with Gasteiger partial charge in [-0.1, -0.05) is 0 Å². The standard InChI is InChI=1S/C9H4N2O2/c10-5-8-4-6-3-7(11-12)1-2-9(6)13-8/h1-4H. The molecular formula is C9H4N2O2. The predicted octanol–water partition coefficient (Wildman–Crippen LogP) is 2.70. The van der Waals surface area contributed by atoms with E-state index < -0.39 is 0 Å². The van der Waals surface area contributed by atoms with Gasteiger partial charge in [-0.25, -0.2) is 0 Å². The van der Waals surface area contributed by atoms with Gasteiger partial charge in [0, 0.05) is 11.5 Å². The SMILES string of the molecule is N#Cc1cc2cc(N=O)ccc2o1. The number of furan rings is 1. The molecule has 13 heavy (non-hydrogen) atoms. The number of hydrogen-bond acceptors (Lipinski definition) is 4. The minimum atomic E-state index is 0.234. The van der Waals surface area contributed by atoms with Crippen LogP contribution in [0.3, 0.4) is 0 Å². The highest BCUT2D eigenvalue weighted by Gasteiger charge is 2.03. The lowest BCUT2D eigenvalue weighted by molar-refractivity contribution is 0.599. The first-order valence-corrected chi connectivity index (χ1v) is 3.60. The van der Waals surface area contributed by atoms with Crippen LogP contribution in [0, 0.1) is 16.2 Å². The van der Waals surface area contributed by atoms with E-state index in [1.54, 1.807) is 24.3 Å². The first-order valence-electron chi connectivity index (χ1n) is 3.60. The third kappa shape index (κ3) is 1.16. The second-order valence-electron chi connectivity index (χ2n) is 2.54. The molecule has 0 N–H and O–H groups in total. The summed E-state index contributed by atoms with van der Waals surface area (Å²) < 4.78 is 5.11. The van der Waals surface area contributed by atoms with E-state index in [0.717, 1.165) is 0 Å². The van der Waals surface area contributed by atoms with Crippen LogP contribution in [-0.2, 0) is 0 Å². The summed E-state index contributed by atoms with van der Waals surface area (Å²) in [5.74, 6) is 0.234. The van der Waals surface area contributed by atoms with E-state index in [-0.39, 0.29) is 5.76 Å². The summed E-state index contributed by atoms with van der Waals surface area (Å²) in [4.78, 5) is 10.2. The highest BCUT2D eigenvalue weighted by atomic mass is 16.3. The lowest BCUT2D eigenvalue weighted by Crippen LogP contribution is -1.62. The topological polar surface area (TPSA) is 66.4 Å². The van der Waals surface area contributed by atoms with E-state index in [4.69, 9.17) is 9.68 Å². The number of rotatable bonds is 1. The van der Waals surface area contributed by atoms with Crippen LogP contribution in [0.1, 0.15) is 5.76 Å². The number of nitriles is 1. The van der Waals surface area contributed by atoms with Crippen molar-refractivity contribution in [2.45, 2.75) is 0 Å². The maximum Gasteiger partial charge on any atom is 0.204 e. The Morgan fingerprint density at radius 1 is 1.38 bits per heavy atom. The van der Waals surface area contributed by atoms with Crippen molar-refractivity contribution in [1.82, 2.24) is 0 Å². The maximum absolute atomic E-state index is 10.2. The molecule has 0 atom stereocenters. The molecule has 0 saturated carbocycles. The molecule has 0 amide bonds. The van der Waals surface area contributed by atoms with Gasteiger partial charge >= 0.3 is 0 Å². The Hall–Kier alpha value is -2.15. The zero-order chi connectivity index (χ0) is 9.26. The van der Waals surface area contributed by atoms with Gasteiger partial charge in [0.1, 0.15) is 17.3 Å². The Morgan fingerprint density at radius 2 is 2.23 bits per heavy atom. The molecule has 2 rings (SSSR count). The van der Waals surface area contributed by atoms with E-state index in [2.05, 4.69) is 5.18 Å². The summed E-state index contributed by atoms with van der Waals surface area (Å²) in [6.07, 6.45) is 0. The molecule has 62 valence electrons. The quantitative estimate of drug-likeness (QED) is 0.621. The second kappa shape index (κ2) is 2.72. The minimum Gasteiger partial charge on any atom is -0.446 e. The van der Waals surface area contributed by atoms with Crippen LogP contribution in [0.15, 0.2) is 33.9 Å². The molecule has 0 saturated heterocycles. The molecule has 0 bridgehead atoms. The number of fused-ring (bicyclic) bond motifs is 1. The van der Waals surface area contributed by atoms with Gasteiger partial charge in [-0.3, -0.25) is 0 Å². The van der Waals surface area contributed by atoms with Crippen LogP contribution < -0.4 is 0 Å². The van der Waals surface area contributed by atoms with Crippen LogP contribution in [-0.4, -0.2) is 0 Å². The Bertz CT molecular complexity index is 508. The van der Waals surface area contributed by atoms with Crippen molar-refractivity contribution in [3.8, 4) is 6.07 Å². The lowest BCUT2D eigenvalue weighted by atomic mass is 10.2. The van der Waals surface area contributed by atoms with Gasteiger partial charge in [0.05, 0.1) is 0 Å². The molecule has 4 nitrogen and oxygen atoms in total. The Morgan fingerprint density at radius 3 is 2.92 bits per heavy atom. The number of nitrogens with zero attached hydrogens (tertiary/aromatic N) is 2. The lowest BCUT2D eigenvalue weighted by Gasteiger charge is -1.87. The summed E-state index contributed by atoms with van der Waals surface area (Å²) >= 11 is 0. The number of benzene rings is 1. The molecule has 1 heterocycles. The molecule has 0 unspecified atom stereocenters. The van der Waals surface area contributed by atoms with E-state index in [1.165, 1.54) is 0 Å². The minimum absolute atomic E-state index is 0.234. The van der Waals surface area contributed by atoms with Crippen molar-refractivity contribution in [3.63, 3.8) is 0 Å². The molecule has 1 aromatic heterocycles. The third-order valence-corrected chi connectivity index (χ3v) is 1.72. The van der Waals surface area contributed by atoms with Crippen molar-refractivity contribution >= 4 is 16.7 Å². The van der Waals surface area contributed by atoms with E-state index in [1.807, 2.05) is 6.07 Å². The molecule has 0 spiro atoms. The van der Waals surface area contributed by atoms with E-state index >= 15 is 0 Å². The van der Waals surface area contributed by atoms with Gasteiger partial charge in [-0.2, -0.15) is 5.26 Å². The third-order valence-electron chi connectivity index (χ3n) is 1.72. The van der Waals surface area contributed by atoms with Gasteiger partial charge in [-0.15, -0.1) is 4.91 Å². The largest absolute Gasteiger partial charge is 0.446 e. The zero-order valence-corrected chi connectivity index (χ0v) is 6.52. The molecule has 0 fully saturated rings. The predicted molar refractivity (Wildman–Crippen MR) is 46.4 cm³/mol. The molecule has 1 aromatic carbocycles. The van der Waals surface area contributed by atoms with Crippen LogP contribution in [0.5, 0.6) is 0 Å². The van der Waals surface area contributed by atoms with Gasteiger partial charge < -0.3 is 4.42 Å². The van der Waals surface area contributed by atoms with Crippen molar-refractivity contribution in [2.24, 2.45) is 5.18 Å². The highest BCUT2D eigenvalue weighted by molar-refractivity contribution is 5.81. The summed E-state index contributed by atoms with van der Waals surface area (Å²) in [7, 11) is 0. The zero-order valence-electron chi connectivity index (χ0n) is 6.52. The molecule has 2 aromatic rings. The van der Waals surface area contributed by atoms with E-state index in [9.17, 15) is 4.91 Å².